The fraction of sp³-hybridized carbons (Fsp3) is 0.588. The number of piperidine rings is 1. The van der Waals surface area contributed by atoms with Gasteiger partial charge in [0, 0.05) is 24.8 Å². The minimum atomic E-state index is -0.0659. The van der Waals surface area contributed by atoms with Crippen molar-refractivity contribution in [3.63, 3.8) is 0 Å². The Labute approximate surface area is 136 Å². The summed E-state index contributed by atoms with van der Waals surface area (Å²) in [5.74, 6) is 1.37. The number of aromatic nitrogens is 4. The lowest BCUT2D eigenvalue weighted by Crippen LogP contribution is -2.36. The number of nitrogens with zero attached hydrogens (tertiary/aromatic N) is 3. The Kier molecular flexibility index (Phi) is 4.50. The summed E-state index contributed by atoms with van der Waals surface area (Å²) in [4.78, 5) is 21.8. The van der Waals surface area contributed by atoms with Gasteiger partial charge in [0.15, 0.2) is 0 Å². The van der Waals surface area contributed by atoms with Gasteiger partial charge in [-0.05, 0) is 51.0 Å². The second-order valence-corrected chi connectivity index (χ2v) is 6.67. The zero-order chi connectivity index (χ0) is 16.4. The van der Waals surface area contributed by atoms with Crippen LogP contribution < -0.4 is 10.5 Å². The molecule has 1 aliphatic heterocycles. The summed E-state index contributed by atoms with van der Waals surface area (Å²) >= 11 is 0. The van der Waals surface area contributed by atoms with Crippen LogP contribution in [-0.4, -0.2) is 33.3 Å². The number of nitrogens with one attached hydrogen (secondary N) is 2. The SMILES string of the molecule is Cc1n[nH]c(C)c1CCc1cc(=O)[nH]c(N2CCC[C@H](C)C2)n1. The van der Waals surface area contributed by atoms with Crippen LogP contribution in [0.1, 0.15) is 42.4 Å². The van der Waals surface area contributed by atoms with Crippen LogP contribution in [0.3, 0.4) is 0 Å². The van der Waals surface area contributed by atoms with E-state index in [0.29, 0.717) is 5.92 Å². The fourth-order valence-corrected chi connectivity index (χ4v) is 3.35. The molecular weight excluding hydrogens is 290 g/mol. The molecule has 23 heavy (non-hydrogen) atoms. The quantitative estimate of drug-likeness (QED) is 0.906. The first kappa shape index (κ1) is 15.8. The molecule has 0 spiro atoms. The van der Waals surface area contributed by atoms with Crippen molar-refractivity contribution in [2.75, 3.05) is 18.0 Å². The molecule has 0 aliphatic carbocycles. The Bertz CT molecular complexity index is 713. The molecule has 2 N–H and O–H groups in total. The number of hydrogen-bond donors (Lipinski definition) is 2. The topological polar surface area (TPSA) is 77.7 Å². The fourth-order valence-electron chi connectivity index (χ4n) is 3.35. The predicted molar refractivity (Wildman–Crippen MR) is 90.9 cm³/mol. The number of H-pyrrole nitrogens is 2. The van der Waals surface area contributed by atoms with E-state index in [4.69, 9.17) is 4.98 Å². The molecule has 1 saturated heterocycles. The number of hydrogen-bond acceptors (Lipinski definition) is 4. The Morgan fingerprint density at radius 3 is 2.87 bits per heavy atom. The van der Waals surface area contributed by atoms with Crippen molar-refractivity contribution in [1.29, 1.82) is 0 Å². The van der Waals surface area contributed by atoms with Gasteiger partial charge in [0.1, 0.15) is 0 Å². The summed E-state index contributed by atoms with van der Waals surface area (Å²) in [5, 5.41) is 7.23. The van der Waals surface area contributed by atoms with E-state index in [0.717, 1.165) is 55.4 Å². The number of aryl methyl sites for hydroxylation is 3. The van der Waals surface area contributed by atoms with E-state index in [2.05, 4.69) is 27.0 Å². The summed E-state index contributed by atoms with van der Waals surface area (Å²) in [5.41, 5.74) is 4.13. The van der Waals surface area contributed by atoms with Crippen molar-refractivity contribution >= 4 is 5.95 Å². The molecule has 6 nitrogen and oxygen atoms in total. The van der Waals surface area contributed by atoms with Crippen LogP contribution in [0.15, 0.2) is 10.9 Å². The first-order valence-corrected chi connectivity index (χ1v) is 8.38. The van der Waals surface area contributed by atoms with Crippen LogP contribution in [0.5, 0.6) is 0 Å². The van der Waals surface area contributed by atoms with Gasteiger partial charge >= 0.3 is 0 Å². The summed E-state index contributed by atoms with van der Waals surface area (Å²) in [6.45, 7) is 8.22. The van der Waals surface area contributed by atoms with Crippen LogP contribution in [0.25, 0.3) is 0 Å². The molecule has 0 bridgehead atoms. The minimum Gasteiger partial charge on any atom is -0.342 e. The highest BCUT2D eigenvalue weighted by Crippen LogP contribution is 2.19. The highest BCUT2D eigenvalue weighted by atomic mass is 16.1. The van der Waals surface area contributed by atoms with Crippen LogP contribution >= 0.6 is 0 Å². The Morgan fingerprint density at radius 1 is 1.35 bits per heavy atom. The van der Waals surface area contributed by atoms with Gasteiger partial charge in [-0.3, -0.25) is 14.9 Å². The number of rotatable bonds is 4. The lowest BCUT2D eigenvalue weighted by molar-refractivity contribution is 0.441. The maximum Gasteiger partial charge on any atom is 0.252 e. The van der Waals surface area contributed by atoms with E-state index >= 15 is 0 Å². The lowest BCUT2D eigenvalue weighted by Gasteiger charge is -2.31. The molecule has 1 aliphatic rings. The van der Waals surface area contributed by atoms with E-state index in [9.17, 15) is 4.79 Å². The monoisotopic (exact) mass is 315 g/mol. The van der Waals surface area contributed by atoms with Gasteiger partial charge in [0.2, 0.25) is 5.95 Å². The molecule has 3 heterocycles. The predicted octanol–water partition coefficient (Wildman–Crippen LogP) is 2.13. The molecule has 2 aromatic heterocycles. The molecule has 0 radical (unpaired) electrons. The van der Waals surface area contributed by atoms with Crippen LogP contribution in [0.4, 0.5) is 5.95 Å². The first-order valence-electron chi connectivity index (χ1n) is 8.38. The highest BCUT2D eigenvalue weighted by molar-refractivity contribution is 5.32. The normalized spacial score (nSPS) is 18.4. The number of aromatic amines is 2. The molecule has 0 amide bonds. The zero-order valence-corrected chi connectivity index (χ0v) is 14.1. The molecule has 2 aromatic rings. The second kappa shape index (κ2) is 6.56. The Hall–Kier alpha value is -2.11. The third-order valence-corrected chi connectivity index (χ3v) is 4.65. The maximum atomic E-state index is 12.0. The Balaban J connectivity index is 1.76. The first-order chi connectivity index (χ1) is 11.0. The van der Waals surface area contributed by atoms with Gasteiger partial charge < -0.3 is 4.90 Å². The Morgan fingerprint density at radius 2 is 2.17 bits per heavy atom. The molecule has 124 valence electrons. The van der Waals surface area contributed by atoms with Crippen molar-refractivity contribution in [2.24, 2.45) is 5.92 Å². The average Bonchev–Trinajstić information content (AvgIpc) is 2.83. The van der Waals surface area contributed by atoms with E-state index in [-0.39, 0.29) is 5.56 Å². The molecule has 1 fully saturated rings. The summed E-state index contributed by atoms with van der Waals surface area (Å²) in [6.07, 6.45) is 4.00. The lowest BCUT2D eigenvalue weighted by atomic mass is 10.0. The van der Waals surface area contributed by atoms with Gasteiger partial charge in [-0.1, -0.05) is 6.92 Å². The zero-order valence-electron chi connectivity index (χ0n) is 14.1. The molecule has 0 aromatic carbocycles. The smallest absolute Gasteiger partial charge is 0.252 e. The van der Waals surface area contributed by atoms with Gasteiger partial charge in [-0.25, -0.2) is 4.98 Å². The van der Waals surface area contributed by atoms with Gasteiger partial charge in [0.05, 0.1) is 11.4 Å². The molecule has 0 unspecified atom stereocenters. The van der Waals surface area contributed by atoms with Crippen molar-refractivity contribution in [3.05, 3.63) is 39.1 Å². The second-order valence-electron chi connectivity index (χ2n) is 6.67. The van der Waals surface area contributed by atoms with Gasteiger partial charge in [-0.15, -0.1) is 0 Å². The summed E-state index contributed by atoms with van der Waals surface area (Å²) in [7, 11) is 0. The van der Waals surface area contributed by atoms with Crippen molar-refractivity contribution in [2.45, 2.75) is 46.5 Å². The van der Waals surface area contributed by atoms with Gasteiger partial charge in [0.25, 0.3) is 5.56 Å². The van der Waals surface area contributed by atoms with Gasteiger partial charge in [-0.2, -0.15) is 5.10 Å². The van der Waals surface area contributed by atoms with Crippen LogP contribution in [-0.2, 0) is 12.8 Å². The standard InChI is InChI=1S/C17H25N5O/c1-11-5-4-8-22(10-11)17-18-14(9-16(23)19-17)6-7-15-12(2)20-21-13(15)3/h9,11H,4-8,10H2,1-3H3,(H,20,21)(H,18,19,23)/t11-/m0/s1. The van der Waals surface area contributed by atoms with E-state index < -0.39 is 0 Å². The van der Waals surface area contributed by atoms with Crippen LogP contribution in [0, 0.1) is 19.8 Å². The van der Waals surface area contributed by atoms with E-state index in [1.54, 1.807) is 6.07 Å². The minimum absolute atomic E-state index is 0.0659. The molecule has 3 rings (SSSR count). The maximum absolute atomic E-state index is 12.0. The average molecular weight is 315 g/mol. The summed E-state index contributed by atoms with van der Waals surface area (Å²) in [6, 6.07) is 1.61. The molecule has 6 heteroatoms. The van der Waals surface area contributed by atoms with E-state index in [1.807, 2.05) is 13.8 Å². The van der Waals surface area contributed by atoms with Crippen molar-refractivity contribution in [1.82, 2.24) is 20.2 Å². The molecule has 0 saturated carbocycles. The third-order valence-electron chi connectivity index (χ3n) is 4.65. The van der Waals surface area contributed by atoms with Crippen LogP contribution in [0.2, 0.25) is 0 Å². The summed E-state index contributed by atoms with van der Waals surface area (Å²) < 4.78 is 0. The largest absolute Gasteiger partial charge is 0.342 e. The molecular formula is C17H25N5O. The van der Waals surface area contributed by atoms with Crippen molar-refractivity contribution in [3.8, 4) is 0 Å². The van der Waals surface area contributed by atoms with E-state index in [1.165, 1.54) is 12.0 Å². The van der Waals surface area contributed by atoms with Crippen molar-refractivity contribution < 1.29 is 0 Å². The highest BCUT2D eigenvalue weighted by Gasteiger charge is 2.19. The molecule has 1 atom stereocenters. The number of anilines is 1. The third kappa shape index (κ3) is 3.63.